The van der Waals surface area contributed by atoms with Crippen LogP contribution in [-0.2, 0) is 4.79 Å². The standard InChI is InChI=1S/C23H25FN4OS/c1-14(2)17-9-6-7-15(3)21(17)25-20(29)13-30-23-27-26-22(28(23)16-11-12-16)18-8-4-5-10-19(18)24/h4-10,14,16H,11-13H2,1-3H3,(H,25,29). The zero-order valence-electron chi connectivity index (χ0n) is 17.4. The number of hydrogen-bond donors (Lipinski definition) is 1. The Morgan fingerprint density at radius 2 is 1.97 bits per heavy atom. The predicted octanol–water partition coefficient (Wildman–Crippen LogP) is 5.58. The lowest BCUT2D eigenvalue weighted by molar-refractivity contribution is -0.113. The Balaban J connectivity index is 1.51. The number of hydrogen-bond acceptors (Lipinski definition) is 4. The number of rotatable bonds is 7. The van der Waals surface area contributed by atoms with Gasteiger partial charge in [0, 0.05) is 11.7 Å². The van der Waals surface area contributed by atoms with Crippen molar-refractivity contribution in [3.8, 4) is 11.4 Å². The molecule has 0 bridgehead atoms. The number of nitrogens with one attached hydrogen (secondary N) is 1. The summed E-state index contributed by atoms with van der Waals surface area (Å²) in [6.07, 6.45) is 2.03. The number of benzene rings is 2. The maximum atomic E-state index is 14.3. The van der Waals surface area contributed by atoms with Crippen LogP contribution in [0.15, 0.2) is 47.6 Å². The number of nitrogens with zero attached hydrogens (tertiary/aromatic N) is 3. The van der Waals surface area contributed by atoms with Crippen molar-refractivity contribution in [1.82, 2.24) is 14.8 Å². The summed E-state index contributed by atoms with van der Waals surface area (Å²) in [6, 6.07) is 12.9. The van der Waals surface area contributed by atoms with Crippen LogP contribution in [0.1, 0.15) is 49.8 Å². The first kappa shape index (κ1) is 20.6. The highest BCUT2D eigenvalue weighted by atomic mass is 32.2. The van der Waals surface area contributed by atoms with E-state index < -0.39 is 0 Å². The van der Waals surface area contributed by atoms with Crippen LogP contribution in [-0.4, -0.2) is 26.4 Å². The second kappa shape index (κ2) is 8.60. The van der Waals surface area contributed by atoms with Gasteiger partial charge in [0.1, 0.15) is 5.82 Å². The van der Waals surface area contributed by atoms with Crippen LogP contribution >= 0.6 is 11.8 Å². The molecule has 1 saturated carbocycles. The highest BCUT2D eigenvalue weighted by Crippen LogP contribution is 2.41. The number of aryl methyl sites for hydroxylation is 1. The maximum absolute atomic E-state index is 14.3. The van der Waals surface area contributed by atoms with Gasteiger partial charge in [-0.2, -0.15) is 0 Å². The van der Waals surface area contributed by atoms with E-state index in [1.165, 1.54) is 17.8 Å². The largest absolute Gasteiger partial charge is 0.325 e. The fourth-order valence-corrected chi connectivity index (χ4v) is 4.32. The molecule has 7 heteroatoms. The topological polar surface area (TPSA) is 59.8 Å². The number of carbonyl (C=O) groups excluding carboxylic acids is 1. The molecule has 156 valence electrons. The van der Waals surface area contributed by atoms with Crippen LogP contribution in [0.2, 0.25) is 0 Å². The summed E-state index contributed by atoms with van der Waals surface area (Å²) in [5.41, 5.74) is 3.49. The Hall–Kier alpha value is -2.67. The maximum Gasteiger partial charge on any atom is 0.234 e. The highest BCUT2D eigenvalue weighted by Gasteiger charge is 2.31. The summed E-state index contributed by atoms with van der Waals surface area (Å²) >= 11 is 1.34. The van der Waals surface area contributed by atoms with Crippen molar-refractivity contribution < 1.29 is 9.18 Å². The summed E-state index contributed by atoms with van der Waals surface area (Å²) in [7, 11) is 0. The van der Waals surface area contributed by atoms with Gasteiger partial charge in [-0.1, -0.05) is 55.9 Å². The molecule has 1 amide bonds. The van der Waals surface area contributed by atoms with Crippen molar-refractivity contribution in [2.24, 2.45) is 0 Å². The second-order valence-electron chi connectivity index (χ2n) is 7.92. The Morgan fingerprint density at radius 3 is 2.67 bits per heavy atom. The van der Waals surface area contributed by atoms with Gasteiger partial charge in [0.25, 0.3) is 0 Å². The van der Waals surface area contributed by atoms with Gasteiger partial charge >= 0.3 is 0 Å². The molecule has 0 atom stereocenters. The van der Waals surface area contributed by atoms with Gasteiger partial charge in [0.15, 0.2) is 11.0 Å². The van der Waals surface area contributed by atoms with E-state index in [1.807, 2.05) is 29.7 Å². The van der Waals surface area contributed by atoms with Gasteiger partial charge < -0.3 is 5.32 Å². The van der Waals surface area contributed by atoms with Crippen molar-refractivity contribution >= 4 is 23.4 Å². The predicted molar refractivity (Wildman–Crippen MR) is 118 cm³/mol. The van der Waals surface area contributed by atoms with Crippen molar-refractivity contribution in [3.63, 3.8) is 0 Å². The molecular weight excluding hydrogens is 399 g/mol. The molecule has 0 spiro atoms. The highest BCUT2D eigenvalue weighted by molar-refractivity contribution is 7.99. The van der Waals surface area contributed by atoms with E-state index in [0.29, 0.717) is 22.5 Å². The summed E-state index contributed by atoms with van der Waals surface area (Å²) in [5, 5.41) is 12.2. The lowest BCUT2D eigenvalue weighted by Gasteiger charge is -2.16. The molecule has 1 aromatic heterocycles. The first-order chi connectivity index (χ1) is 14.5. The Morgan fingerprint density at radius 1 is 1.20 bits per heavy atom. The van der Waals surface area contributed by atoms with Crippen LogP contribution in [0.3, 0.4) is 0 Å². The average Bonchev–Trinajstić information content (AvgIpc) is 3.47. The summed E-state index contributed by atoms with van der Waals surface area (Å²) in [6.45, 7) is 6.22. The molecule has 0 saturated heterocycles. The van der Waals surface area contributed by atoms with Crippen molar-refractivity contribution in [1.29, 1.82) is 0 Å². The van der Waals surface area contributed by atoms with Gasteiger partial charge in [0.2, 0.25) is 5.91 Å². The minimum Gasteiger partial charge on any atom is -0.325 e. The molecule has 30 heavy (non-hydrogen) atoms. The second-order valence-corrected chi connectivity index (χ2v) is 8.86. The molecule has 0 aliphatic heterocycles. The molecule has 1 aliphatic carbocycles. The van der Waals surface area contributed by atoms with Crippen LogP contribution in [0.5, 0.6) is 0 Å². The van der Waals surface area contributed by atoms with Gasteiger partial charge in [-0.15, -0.1) is 10.2 Å². The van der Waals surface area contributed by atoms with Gasteiger partial charge in [-0.25, -0.2) is 4.39 Å². The van der Waals surface area contributed by atoms with Crippen LogP contribution < -0.4 is 5.32 Å². The zero-order valence-corrected chi connectivity index (χ0v) is 18.2. The lowest BCUT2D eigenvalue weighted by atomic mass is 9.98. The number of para-hydroxylation sites is 1. The number of thioether (sulfide) groups is 1. The Kier molecular flexibility index (Phi) is 5.90. The fraction of sp³-hybridized carbons (Fsp3) is 0.348. The van der Waals surface area contributed by atoms with Gasteiger partial charge in [-0.3, -0.25) is 9.36 Å². The smallest absolute Gasteiger partial charge is 0.234 e. The minimum absolute atomic E-state index is 0.0889. The van der Waals surface area contributed by atoms with E-state index in [9.17, 15) is 9.18 Å². The van der Waals surface area contributed by atoms with Crippen molar-refractivity contribution in [2.75, 3.05) is 11.1 Å². The molecule has 4 rings (SSSR count). The van der Waals surface area contributed by atoms with E-state index in [4.69, 9.17) is 0 Å². The first-order valence-electron chi connectivity index (χ1n) is 10.2. The Labute approximate surface area is 180 Å². The molecule has 2 aromatic carbocycles. The minimum atomic E-state index is -0.318. The summed E-state index contributed by atoms with van der Waals surface area (Å²) in [5.74, 6) is 0.651. The van der Waals surface area contributed by atoms with Gasteiger partial charge in [-0.05, 0) is 48.9 Å². The number of halogens is 1. The molecule has 5 nitrogen and oxygen atoms in total. The molecule has 3 aromatic rings. The summed E-state index contributed by atoms with van der Waals surface area (Å²) < 4.78 is 16.3. The number of aromatic nitrogens is 3. The molecule has 0 unspecified atom stereocenters. The van der Waals surface area contributed by atoms with Crippen LogP contribution in [0.25, 0.3) is 11.4 Å². The molecule has 1 N–H and O–H groups in total. The van der Waals surface area contributed by atoms with Crippen molar-refractivity contribution in [3.05, 3.63) is 59.4 Å². The van der Waals surface area contributed by atoms with E-state index in [1.54, 1.807) is 18.2 Å². The lowest BCUT2D eigenvalue weighted by Crippen LogP contribution is -2.17. The van der Waals surface area contributed by atoms with Gasteiger partial charge in [0.05, 0.1) is 11.3 Å². The molecule has 1 fully saturated rings. The fourth-order valence-electron chi connectivity index (χ4n) is 3.51. The van der Waals surface area contributed by atoms with E-state index >= 15 is 0 Å². The third-order valence-corrected chi connectivity index (χ3v) is 6.16. The molecule has 1 heterocycles. The van der Waals surface area contributed by atoms with E-state index in [0.717, 1.165) is 29.7 Å². The molecular formula is C23H25FN4OS. The van der Waals surface area contributed by atoms with Crippen molar-refractivity contribution in [2.45, 2.75) is 50.7 Å². The van der Waals surface area contributed by atoms with E-state index in [2.05, 4.69) is 29.4 Å². The number of anilines is 1. The normalized spacial score (nSPS) is 13.6. The molecule has 1 aliphatic rings. The summed E-state index contributed by atoms with van der Waals surface area (Å²) in [4.78, 5) is 12.7. The van der Waals surface area contributed by atoms with Crippen LogP contribution in [0, 0.1) is 12.7 Å². The van der Waals surface area contributed by atoms with Crippen LogP contribution in [0.4, 0.5) is 10.1 Å². The third kappa shape index (κ3) is 4.26. The average molecular weight is 425 g/mol. The SMILES string of the molecule is Cc1cccc(C(C)C)c1NC(=O)CSc1nnc(-c2ccccc2F)n1C1CC1. The third-order valence-electron chi connectivity index (χ3n) is 5.22. The Bertz CT molecular complexity index is 1070. The number of carbonyl (C=O) groups is 1. The quantitative estimate of drug-likeness (QED) is 0.503. The molecule has 0 radical (unpaired) electrons. The van der Waals surface area contributed by atoms with E-state index in [-0.39, 0.29) is 23.5 Å². The first-order valence-corrected chi connectivity index (χ1v) is 11.2. The monoisotopic (exact) mass is 424 g/mol. The number of amides is 1. The zero-order chi connectivity index (χ0) is 21.3.